The normalized spacial score (nSPS) is 10.8. The van der Waals surface area contributed by atoms with Gasteiger partial charge >= 0.3 is 5.97 Å². The van der Waals surface area contributed by atoms with Crippen molar-refractivity contribution in [1.29, 1.82) is 0 Å². The van der Waals surface area contributed by atoms with Gasteiger partial charge in [0, 0.05) is 6.04 Å². The lowest BCUT2D eigenvalue weighted by atomic mass is 10.1. The fraction of sp³-hybridized carbons (Fsp3) is 0.333. The van der Waals surface area contributed by atoms with Crippen LogP contribution in [0.1, 0.15) is 41.4 Å². The van der Waals surface area contributed by atoms with Gasteiger partial charge in [0.15, 0.2) is 5.75 Å². The molecule has 1 aromatic heterocycles. The smallest absolute Gasteiger partial charge is 0.335 e. The van der Waals surface area contributed by atoms with Gasteiger partial charge in [-0.1, -0.05) is 6.07 Å². The van der Waals surface area contributed by atoms with Crippen molar-refractivity contribution >= 4 is 5.97 Å². The Hall–Kier alpha value is -2.30. The summed E-state index contributed by atoms with van der Waals surface area (Å²) in [5.41, 5.74) is 2.16. The van der Waals surface area contributed by atoms with Gasteiger partial charge in [0.25, 0.3) is 0 Å². The second kappa shape index (κ2) is 5.77. The average molecular weight is 274 g/mol. The van der Waals surface area contributed by atoms with Crippen molar-refractivity contribution in [3.05, 3.63) is 47.3 Å². The molecule has 20 heavy (non-hydrogen) atoms. The minimum Gasteiger partial charge on any atom is -0.486 e. The lowest BCUT2D eigenvalue weighted by molar-refractivity contribution is 0.0696. The molecule has 0 saturated heterocycles. The molecule has 1 N–H and O–H groups in total. The predicted molar refractivity (Wildman–Crippen MR) is 75.1 cm³/mol. The number of benzene rings is 1. The molecule has 106 valence electrons. The van der Waals surface area contributed by atoms with Crippen LogP contribution in [-0.2, 0) is 6.61 Å². The predicted octanol–water partition coefficient (Wildman–Crippen LogP) is 3.05. The Labute approximate surface area is 117 Å². The summed E-state index contributed by atoms with van der Waals surface area (Å²) >= 11 is 0. The van der Waals surface area contributed by atoms with Crippen LogP contribution in [0.25, 0.3) is 0 Å². The van der Waals surface area contributed by atoms with E-state index in [9.17, 15) is 4.79 Å². The van der Waals surface area contributed by atoms with Crippen molar-refractivity contribution in [2.75, 3.05) is 0 Å². The number of hydrogen-bond donors (Lipinski definition) is 1. The van der Waals surface area contributed by atoms with Crippen LogP contribution in [0.15, 0.2) is 30.6 Å². The molecule has 0 saturated carbocycles. The third-order valence-electron chi connectivity index (χ3n) is 3.09. The molecule has 0 amide bonds. The summed E-state index contributed by atoms with van der Waals surface area (Å²) in [4.78, 5) is 10.9. The van der Waals surface area contributed by atoms with Crippen LogP contribution in [0.2, 0.25) is 0 Å². The van der Waals surface area contributed by atoms with Crippen LogP contribution in [0.3, 0.4) is 0 Å². The minimum absolute atomic E-state index is 0.291. The first-order valence-corrected chi connectivity index (χ1v) is 6.47. The molecule has 0 unspecified atom stereocenters. The Bertz CT molecular complexity index is 617. The van der Waals surface area contributed by atoms with Crippen LogP contribution in [0.5, 0.6) is 5.75 Å². The zero-order chi connectivity index (χ0) is 14.7. The third-order valence-corrected chi connectivity index (χ3v) is 3.09. The van der Waals surface area contributed by atoms with E-state index in [2.05, 4.69) is 5.10 Å². The highest BCUT2D eigenvalue weighted by Gasteiger charge is 2.07. The molecule has 0 radical (unpaired) electrons. The summed E-state index contributed by atoms with van der Waals surface area (Å²) in [7, 11) is 0. The van der Waals surface area contributed by atoms with Gasteiger partial charge < -0.3 is 9.84 Å². The van der Waals surface area contributed by atoms with Crippen LogP contribution in [-0.4, -0.2) is 20.9 Å². The second-order valence-corrected chi connectivity index (χ2v) is 4.98. The first-order valence-electron chi connectivity index (χ1n) is 6.47. The van der Waals surface area contributed by atoms with Crippen LogP contribution >= 0.6 is 0 Å². The number of rotatable bonds is 5. The Morgan fingerprint density at radius 1 is 1.45 bits per heavy atom. The molecule has 1 heterocycles. The van der Waals surface area contributed by atoms with E-state index in [1.54, 1.807) is 24.4 Å². The highest BCUT2D eigenvalue weighted by atomic mass is 16.5. The molecule has 0 aliphatic carbocycles. The van der Waals surface area contributed by atoms with Gasteiger partial charge in [-0.2, -0.15) is 5.10 Å². The van der Waals surface area contributed by atoms with Crippen molar-refractivity contribution in [1.82, 2.24) is 9.78 Å². The summed E-state index contributed by atoms with van der Waals surface area (Å²) in [5.74, 6) is -0.209. The van der Waals surface area contributed by atoms with Gasteiger partial charge in [0.05, 0.1) is 18.0 Å². The van der Waals surface area contributed by atoms with Crippen LogP contribution < -0.4 is 4.74 Å². The molecule has 5 heteroatoms. The molecule has 0 aliphatic rings. The molecule has 1 aromatic carbocycles. The number of ether oxygens (including phenoxy) is 1. The lowest BCUT2D eigenvalue weighted by Gasteiger charge is -2.08. The highest BCUT2D eigenvalue weighted by Crippen LogP contribution is 2.17. The number of aryl methyl sites for hydroxylation is 1. The summed E-state index contributed by atoms with van der Waals surface area (Å²) in [6, 6.07) is 5.32. The number of aromatic carboxylic acids is 1. The molecule has 0 aliphatic heterocycles. The molecule has 2 rings (SSSR count). The van der Waals surface area contributed by atoms with E-state index in [1.165, 1.54) is 0 Å². The van der Waals surface area contributed by atoms with E-state index in [-0.39, 0.29) is 0 Å². The molecular weight excluding hydrogens is 256 g/mol. The summed E-state index contributed by atoms with van der Waals surface area (Å²) in [5, 5.41) is 13.1. The molecule has 0 bridgehead atoms. The van der Waals surface area contributed by atoms with Crippen LogP contribution in [0, 0.1) is 6.92 Å². The second-order valence-electron chi connectivity index (χ2n) is 4.98. The number of carboxylic acid groups (broad SMARTS) is 1. The number of aromatic nitrogens is 2. The quantitative estimate of drug-likeness (QED) is 0.910. The molecular formula is C15H18N2O3. The zero-order valence-corrected chi connectivity index (χ0v) is 11.8. The Balaban J connectivity index is 2.05. The van der Waals surface area contributed by atoms with Crippen molar-refractivity contribution in [2.45, 2.75) is 33.4 Å². The molecule has 5 nitrogen and oxygen atoms in total. The molecule has 0 spiro atoms. The van der Waals surface area contributed by atoms with Crippen molar-refractivity contribution < 1.29 is 14.6 Å². The monoisotopic (exact) mass is 274 g/mol. The average Bonchev–Trinajstić information content (AvgIpc) is 2.86. The van der Waals surface area contributed by atoms with Gasteiger partial charge in [0.1, 0.15) is 6.61 Å². The van der Waals surface area contributed by atoms with E-state index in [4.69, 9.17) is 9.84 Å². The van der Waals surface area contributed by atoms with Crippen molar-refractivity contribution in [2.24, 2.45) is 0 Å². The van der Waals surface area contributed by atoms with Gasteiger partial charge in [0.2, 0.25) is 0 Å². The summed E-state index contributed by atoms with van der Waals surface area (Å²) < 4.78 is 7.50. The third kappa shape index (κ3) is 3.17. The lowest BCUT2D eigenvalue weighted by Crippen LogP contribution is -2.02. The van der Waals surface area contributed by atoms with Crippen molar-refractivity contribution in [3.63, 3.8) is 0 Å². The first-order chi connectivity index (χ1) is 9.47. The largest absolute Gasteiger partial charge is 0.486 e. The maximum Gasteiger partial charge on any atom is 0.335 e. The topological polar surface area (TPSA) is 64.3 Å². The van der Waals surface area contributed by atoms with E-state index in [0.717, 1.165) is 11.1 Å². The summed E-state index contributed by atoms with van der Waals surface area (Å²) in [6.45, 7) is 6.37. The van der Waals surface area contributed by atoms with E-state index in [1.807, 2.05) is 31.6 Å². The summed E-state index contributed by atoms with van der Waals surface area (Å²) in [6.07, 6.45) is 3.53. The fourth-order valence-corrected chi connectivity index (χ4v) is 1.83. The maximum absolute atomic E-state index is 10.9. The maximum atomic E-state index is 10.9. The molecule has 0 atom stereocenters. The number of hydrogen-bond acceptors (Lipinski definition) is 3. The standard InChI is InChI=1S/C15H18N2O3/c1-10(2)17-8-14(7-16-17)20-9-13-5-4-12(15(18)19)6-11(13)3/h4-8,10H,9H2,1-3H3,(H,18,19). The Morgan fingerprint density at radius 3 is 2.75 bits per heavy atom. The van der Waals surface area contributed by atoms with Gasteiger partial charge in [-0.25, -0.2) is 4.79 Å². The first kappa shape index (κ1) is 14.1. The number of carbonyl (C=O) groups is 1. The Kier molecular flexibility index (Phi) is 4.08. The minimum atomic E-state index is -0.918. The van der Waals surface area contributed by atoms with Crippen molar-refractivity contribution in [3.8, 4) is 5.75 Å². The molecule has 2 aromatic rings. The number of carboxylic acids is 1. The number of nitrogens with zero attached hydrogens (tertiary/aromatic N) is 2. The van der Waals surface area contributed by atoms with E-state index >= 15 is 0 Å². The Morgan fingerprint density at radius 2 is 2.20 bits per heavy atom. The van der Waals surface area contributed by atoms with E-state index in [0.29, 0.717) is 24.0 Å². The SMILES string of the molecule is Cc1cc(C(=O)O)ccc1COc1cnn(C(C)C)c1. The van der Waals surface area contributed by atoms with E-state index < -0.39 is 5.97 Å². The molecule has 0 fully saturated rings. The van der Waals surface area contributed by atoms with Crippen LogP contribution in [0.4, 0.5) is 0 Å². The highest BCUT2D eigenvalue weighted by molar-refractivity contribution is 5.87. The zero-order valence-electron chi connectivity index (χ0n) is 11.8. The van der Waals surface area contributed by atoms with Gasteiger partial charge in [-0.15, -0.1) is 0 Å². The van der Waals surface area contributed by atoms with Gasteiger partial charge in [-0.3, -0.25) is 4.68 Å². The fourth-order valence-electron chi connectivity index (χ4n) is 1.83. The van der Waals surface area contributed by atoms with Gasteiger partial charge in [-0.05, 0) is 44.0 Å².